The van der Waals surface area contributed by atoms with Crippen LogP contribution in [-0.4, -0.2) is 50.5 Å². The molecule has 21 heavy (non-hydrogen) atoms. The first-order valence-electron chi connectivity index (χ1n) is 7.09. The van der Waals surface area contributed by atoms with Gasteiger partial charge in [0.05, 0.1) is 5.92 Å². The predicted octanol–water partition coefficient (Wildman–Crippen LogP) is -0.0333. The standard InChI is InChI=1S/C13H19N7O/c1-8(2)4-14-13(21)9-5-20(6-9)12-10-11(15-7-16-12)19(3)18-17-10/h7-9H,4-6H2,1-3H3,(H,14,21). The van der Waals surface area contributed by atoms with E-state index in [0.29, 0.717) is 30.2 Å². The highest BCUT2D eigenvalue weighted by Gasteiger charge is 2.34. The van der Waals surface area contributed by atoms with E-state index in [1.807, 2.05) is 4.90 Å². The van der Waals surface area contributed by atoms with Gasteiger partial charge < -0.3 is 10.2 Å². The van der Waals surface area contributed by atoms with Crippen molar-refractivity contribution >= 4 is 22.9 Å². The van der Waals surface area contributed by atoms with Crippen molar-refractivity contribution in [1.29, 1.82) is 0 Å². The molecular formula is C13H19N7O. The minimum absolute atomic E-state index is 0.0189. The Morgan fingerprint density at radius 2 is 2.19 bits per heavy atom. The summed E-state index contributed by atoms with van der Waals surface area (Å²) in [5, 5.41) is 11.0. The van der Waals surface area contributed by atoms with Gasteiger partial charge >= 0.3 is 0 Å². The van der Waals surface area contributed by atoms with Gasteiger partial charge in [0.15, 0.2) is 17.0 Å². The molecular weight excluding hydrogens is 270 g/mol. The van der Waals surface area contributed by atoms with E-state index in [2.05, 4.69) is 39.4 Å². The van der Waals surface area contributed by atoms with Crippen LogP contribution in [0.3, 0.4) is 0 Å². The van der Waals surface area contributed by atoms with E-state index in [9.17, 15) is 4.79 Å². The molecule has 2 aromatic rings. The fourth-order valence-corrected chi connectivity index (χ4v) is 2.34. The van der Waals surface area contributed by atoms with E-state index in [1.165, 1.54) is 6.33 Å². The second kappa shape index (κ2) is 5.27. The zero-order valence-corrected chi connectivity index (χ0v) is 12.4. The topological polar surface area (TPSA) is 88.8 Å². The molecule has 1 aliphatic heterocycles. The van der Waals surface area contributed by atoms with Gasteiger partial charge in [0, 0.05) is 26.7 Å². The highest BCUT2D eigenvalue weighted by molar-refractivity contribution is 5.86. The summed E-state index contributed by atoms with van der Waals surface area (Å²) in [6, 6.07) is 0. The number of nitrogens with one attached hydrogen (secondary N) is 1. The summed E-state index contributed by atoms with van der Waals surface area (Å²) in [4.78, 5) is 22.5. The smallest absolute Gasteiger partial charge is 0.226 e. The van der Waals surface area contributed by atoms with Gasteiger partial charge in [-0.25, -0.2) is 14.6 Å². The van der Waals surface area contributed by atoms with Gasteiger partial charge in [0.1, 0.15) is 6.33 Å². The zero-order valence-electron chi connectivity index (χ0n) is 12.4. The van der Waals surface area contributed by atoms with Crippen molar-refractivity contribution in [3.05, 3.63) is 6.33 Å². The summed E-state index contributed by atoms with van der Waals surface area (Å²) >= 11 is 0. The van der Waals surface area contributed by atoms with Crippen LogP contribution in [0.5, 0.6) is 0 Å². The number of carbonyl (C=O) groups excluding carboxylic acids is 1. The Kier molecular flexibility index (Phi) is 3.44. The lowest BCUT2D eigenvalue weighted by Gasteiger charge is -2.39. The van der Waals surface area contributed by atoms with Crippen LogP contribution in [0.2, 0.25) is 0 Å². The molecule has 1 saturated heterocycles. The minimum Gasteiger partial charge on any atom is -0.355 e. The van der Waals surface area contributed by atoms with Crippen molar-refractivity contribution in [1.82, 2.24) is 30.3 Å². The number of fused-ring (bicyclic) bond motifs is 1. The molecule has 1 amide bonds. The zero-order chi connectivity index (χ0) is 15.0. The quantitative estimate of drug-likeness (QED) is 0.850. The number of carbonyl (C=O) groups is 1. The van der Waals surface area contributed by atoms with Crippen LogP contribution in [0.15, 0.2) is 6.33 Å². The van der Waals surface area contributed by atoms with Crippen LogP contribution in [0.25, 0.3) is 11.2 Å². The average molecular weight is 289 g/mol. The molecule has 1 fully saturated rings. The maximum Gasteiger partial charge on any atom is 0.226 e. The molecule has 112 valence electrons. The van der Waals surface area contributed by atoms with Crippen LogP contribution < -0.4 is 10.2 Å². The lowest BCUT2D eigenvalue weighted by Crippen LogP contribution is -2.54. The fourth-order valence-electron chi connectivity index (χ4n) is 2.34. The Balaban J connectivity index is 1.66. The molecule has 2 aromatic heterocycles. The number of nitrogens with zero attached hydrogens (tertiary/aromatic N) is 6. The number of aryl methyl sites for hydroxylation is 1. The molecule has 0 radical (unpaired) electrons. The summed E-state index contributed by atoms with van der Waals surface area (Å²) in [6.45, 7) is 6.20. The third-order valence-corrected chi connectivity index (χ3v) is 3.61. The van der Waals surface area contributed by atoms with Gasteiger partial charge in [-0.05, 0) is 5.92 Å². The number of hydrogen-bond acceptors (Lipinski definition) is 6. The summed E-state index contributed by atoms with van der Waals surface area (Å²) in [6.07, 6.45) is 1.51. The van der Waals surface area contributed by atoms with Crippen LogP contribution in [0, 0.1) is 11.8 Å². The molecule has 3 rings (SSSR count). The Hall–Kier alpha value is -2.25. The van der Waals surface area contributed by atoms with E-state index in [4.69, 9.17) is 0 Å². The maximum absolute atomic E-state index is 12.0. The second-order valence-corrected chi connectivity index (χ2v) is 5.82. The highest BCUT2D eigenvalue weighted by Crippen LogP contribution is 2.27. The lowest BCUT2D eigenvalue weighted by molar-refractivity contribution is -0.125. The summed E-state index contributed by atoms with van der Waals surface area (Å²) < 4.78 is 1.62. The van der Waals surface area contributed by atoms with Crippen molar-refractivity contribution in [3.8, 4) is 0 Å². The Bertz CT molecular complexity index is 660. The van der Waals surface area contributed by atoms with Crippen molar-refractivity contribution < 1.29 is 4.79 Å². The van der Waals surface area contributed by atoms with E-state index in [1.54, 1.807) is 11.7 Å². The molecule has 0 aromatic carbocycles. The second-order valence-electron chi connectivity index (χ2n) is 5.82. The first-order valence-corrected chi connectivity index (χ1v) is 7.09. The highest BCUT2D eigenvalue weighted by atomic mass is 16.2. The third kappa shape index (κ3) is 2.53. The predicted molar refractivity (Wildman–Crippen MR) is 77.6 cm³/mol. The van der Waals surface area contributed by atoms with Crippen LogP contribution in [-0.2, 0) is 11.8 Å². The monoisotopic (exact) mass is 289 g/mol. The normalized spacial score (nSPS) is 15.5. The first-order chi connectivity index (χ1) is 10.1. The van der Waals surface area contributed by atoms with Gasteiger partial charge in [-0.15, -0.1) is 5.10 Å². The van der Waals surface area contributed by atoms with E-state index < -0.39 is 0 Å². The molecule has 0 unspecified atom stereocenters. The van der Waals surface area contributed by atoms with Crippen LogP contribution in [0.4, 0.5) is 5.82 Å². The molecule has 0 saturated carbocycles. The molecule has 0 atom stereocenters. The molecule has 3 heterocycles. The lowest BCUT2D eigenvalue weighted by atomic mass is 9.99. The largest absolute Gasteiger partial charge is 0.355 e. The van der Waals surface area contributed by atoms with Gasteiger partial charge in [-0.2, -0.15) is 0 Å². The first kappa shape index (κ1) is 13.7. The van der Waals surface area contributed by atoms with Crippen molar-refractivity contribution in [2.45, 2.75) is 13.8 Å². The van der Waals surface area contributed by atoms with Crippen molar-refractivity contribution in [2.24, 2.45) is 18.9 Å². The van der Waals surface area contributed by atoms with Gasteiger partial charge in [-0.1, -0.05) is 19.1 Å². The van der Waals surface area contributed by atoms with Crippen molar-refractivity contribution in [3.63, 3.8) is 0 Å². The molecule has 8 nitrogen and oxygen atoms in total. The SMILES string of the molecule is CC(C)CNC(=O)C1CN(c2ncnc3c2nnn3C)C1. The fraction of sp³-hybridized carbons (Fsp3) is 0.615. The number of amides is 1. The Labute approximate surface area is 122 Å². The summed E-state index contributed by atoms with van der Waals surface area (Å²) in [5.41, 5.74) is 1.38. The van der Waals surface area contributed by atoms with Gasteiger partial charge in [-0.3, -0.25) is 4.79 Å². The number of hydrogen-bond donors (Lipinski definition) is 1. The van der Waals surface area contributed by atoms with Crippen LogP contribution in [0.1, 0.15) is 13.8 Å². The molecule has 8 heteroatoms. The van der Waals surface area contributed by atoms with E-state index in [-0.39, 0.29) is 11.8 Å². The Morgan fingerprint density at radius 1 is 1.43 bits per heavy atom. The molecule has 1 aliphatic rings. The molecule has 1 N–H and O–H groups in total. The Morgan fingerprint density at radius 3 is 2.90 bits per heavy atom. The minimum atomic E-state index is 0.0189. The molecule has 0 spiro atoms. The summed E-state index contributed by atoms with van der Waals surface area (Å²) in [5.74, 6) is 1.35. The van der Waals surface area contributed by atoms with Gasteiger partial charge in [0.2, 0.25) is 5.91 Å². The summed E-state index contributed by atoms with van der Waals surface area (Å²) in [7, 11) is 1.80. The molecule has 0 bridgehead atoms. The average Bonchev–Trinajstić information content (AvgIpc) is 2.78. The maximum atomic E-state index is 12.0. The third-order valence-electron chi connectivity index (χ3n) is 3.61. The van der Waals surface area contributed by atoms with Crippen molar-refractivity contribution in [2.75, 3.05) is 24.5 Å². The van der Waals surface area contributed by atoms with E-state index in [0.717, 1.165) is 12.4 Å². The number of rotatable bonds is 4. The molecule has 0 aliphatic carbocycles. The van der Waals surface area contributed by atoms with Crippen LogP contribution >= 0.6 is 0 Å². The number of anilines is 1. The van der Waals surface area contributed by atoms with E-state index >= 15 is 0 Å². The number of aromatic nitrogens is 5. The van der Waals surface area contributed by atoms with Gasteiger partial charge in [0.25, 0.3) is 0 Å².